The lowest BCUT2D eigenvalue weighted by Gasteiger charge is -2.27. The molecule has 5 nitrogen and oxygen atoms in total. The standard InChI is InChI=1S/C16H25NO4/c1-11(2)17(7-6-8-18)16(19)13-9-14(20-4)12(3)15(10-13)21-5/h9-11,18H,6-8H2,1-5H3. The highest BCUT2D eigenvalue weighted by Crippen LogP contribution is 2.30. The predicted molar refractivity (Wildman–Crippen MR) is 82.2 cm³/mol. The second-order valence-corrected chi connectivity index (χ2v) is 5.18. The summed E-state index contributed by atoms with van der Waals surface area (Å²) in [5.74, 6) is 1.17. The second kappa shape index (κ2) is 7.88. The summed E-state index contributed by atoms with van der Waals surface area (Å²) in [5.41, 5.74) is 1.39. The van der Waals surface area contributed by atoms with Crippen LogP contribution in [0.15, 0.2) is 12.1 Å². The fourth-order valence-electron chi connectivity index (χ4n) is 2.21. The monoisotopic (exact) mass is 295 g/mol. The lowest BCUT2D eigenvalue weighted by molar-refractivity contribution is 0.0692. The van der Waals surface area contributed by atoms with Crippen molar-refractivity contribution in [3.63, 3.8) is 0 Å². The highest BCUT2D eigenvalue weighted by atomic mass is 16.5. The van der Waals surface area contributed by atoms with Gasteiger partial charge >= 0.3 is 0 Å². The van der Waals surface area contributed by atoms with Crippen LogP contribution in [0.5, 0.6) is 11.5 Å². The number of rotatable bonds is 7. The van der Waals surface area contributed by atoms with Gasteiger partial charge in [-0.05, 0) is 39.3 Å². The van der Waals surface area contributed by atoms with Crippen LogP contribution in [0.1, 0.15) is 36.2 Å². The van der Waals surface area contributed by atoms with Gasteiger partial charge in [0.2, 0.25) is 0 Å². The van der Waals surface area contributed by atoms with Crippen molar-refractivity contribution in [1.82, 2.24) is 4.90 Å². The Hall–Kier alpha value is -1.75. The van der Waals surface area contributed by atoms with Gasteiger partial charge in [0.1, 0.15) is 11.5 Å². The van der Waals surface area contributed by atoms with Crippen molar-refractivity contribution in [2.24, 2.45) is 0 Å². The number of carbonyl (C=O) groups is 1. The van der Waals surface area contributed by atoms with Gasteiger partial charge < -0.3 is 19.5 Å². The van der Waals surface area contributed by atoms with E-state index in [1.54, 1.807) is 31.3 Å². The van der Waals surface area contributed by atoms with Gasteiger partial charge in [-0.1, -0.05) is 0 Å². The Labute approximate surface area is 126 Å². The Morgan fingerprint density at radius 1 is 1.24 bits per heavy atom. The summed E-state index contributed by atoms with van der Waals surface area (Å²) in [4.78, 5) is 14.4. The van der Waals surface area contributed by atoms with Crippen molar-refractivity contribution in [1.29, 1.82) is 0 Å². The number of nitrogens with zero attached hydrogens (tertiary/aromatic N) is 1. The minimum Gasteiger partial charge on any atom is -0.496 e. The molecule has 1 rings (SSSR count). The molecule has 0 aliphatic rings. The zero-order valence-electron chi connectivity index (χ0n) is 13.5. The number of benzene rings is 1. The van der Waals surface area contributed by atoms with Crippen LogP contribution in [0, 0.1) is 6.92 Å². The van der Waals surface area contributed by atoms with Crippen molar-refractivity contribution in [2.45, 2.75) is 33.2 Å². The number of hydrogen-bond donors (Lipinski definition) is 1. The summed E-state index contributed by atoms with van der Waals surface area (Å²) in [6, 6.07) is 3.52. The Morgan fingerprint density at radius 2 is 1.76 bits per heavy atom. The van der Waals surface area contributed by atoms with Gasteiger partial charge in [0, 0.05) is 30.3 Å². The molecule has 0 saturated carbocycles. The fraction of sp³-hybridized carbons (Fsp3) is 0.562. The van der Waals surface area contributed by atoms with Crippen molar-refractivity contribution in [3.05, 3.63) is 23.3 Å². The molecule has 1 amide bonds. The van der Waals surface area contributed by atoms with Gasteiger partial charge in [-0.3, -0.25) is 4.79 Å². The average Bonchev–Trinajstić information content (AvgIpc) is 2.47. The molecule has 1 aromatic rings. The van der Waals surface area contributed by atoms with E-state index in [-0.39, 0.29) is 18.6 Å². The van der Waals surface area contributed by atoms with E-state index in [1.807, 2.05) is 20.8 Å². The van der Waals surface area contributed by atoms with E-state index in [0.29, 0.717) is 30.0 Å². The smallest absolute Gasteiger partial charge is 0.254 e. The SMILES string of the molecule is COc1cc(C(=O)N(CCCO)C(C)C)cc(OC)c1C. The minimum atomic E-state index is -0.0879. The number of aliphatic hydroxyl groups excluding tert-OH is 1. The second-order valence-electron chi connectivity index (χ2n) is 5.18. The normalized spacial score (nSPS) is 10.6. The third-order valence-corrected chi connectivity index (χ3v) is 3.44. The Bertz CT molecular complexity index is 460. The predicted octanol–water partition coefficient (Wildman–Crippen LogP) is 2.25. The van der Waals surface area contributed by atoms with E-state index in [4.69, 9.17) is 14.6 Å². The molecule has 0 heterocycles. The Morgan fingerprint density at radius 3 is 2.14 bits per heavy atom. The molecule has 0 aliphatic carbocycles. The molecule has 0 atom stereocenters. The summed E-state index contributed by atoms with van der Waals surface area (Å²) in [7, 11) is 3.14. The average molecular weight is 295 g/mol. The van der Waals surface area contributed by atoms with Gasteiger partial charge in [-0.15, -0.1) is 0 Å². The summed E-state index contributed by atoms with van der Waals surface area (Å²) in [5, 5.41) is 8.97. The molecule has 0 radical (unpaired) electrons. The number of methoxy groups -OCH3 is 2. The van der Waals surface area contributed by atoms with Crippen LogP contribution in [0.4, 0.5) is 0 Å². The molecule has 0 bridgehead atoms. The molecule has 0 aliphatic heterocycles. The van der Waals surface area contributed by atoms with Crippen molar-refractivity contribution in [3.8, 4) is 11.5 Å². The van der Waals surface area contributed by atoms with E-state index in [0.717, 1.165) is 5.56 Å². The summed E-state index contributed by atoms with van der Waals surface area (Å²) in [6.45, 7) is 6.39. The molecular weight excluding hydrogens is 270 g/mol. The molecule has 0 saturated heterocycles. The first-order valence-corrected chi connectivity index (χ1v) is 7.10. The number of ether oxygens (including phenoxy) is 2. The Balaban J connectivity index is 3.15. The maximum Gasteiger partial charge on any atom is 0.254 e. The molecule has 118 valence electrons. The van der Waals surface area contributed by atoms with Crippen LogP contribution in [0.2, 0.25) is 0 Å². The van der Waals surface area contributed by atoms with Crippen molar-refractivity contribution < 1.29 is 19.4 Å². The first-order valence-electron chi connectivity index (χ1n) is 7.10. The zero-order chi connectivity index (χ0) is 16.0. The van der Waals surface area contributed by atoms with Gasteiger partial charge in [0.25, 0.3) is 5.91 Å². The number of aliphatic hydroxyl groups is 1. The van der Waals surface area contributed by atoms with E-state index >= 15 is 0 Å². The maximum absolute atomic E-state index is 12.7. The van der Waals surface area contributed by atoms with Crippen LogP contribution < -0.4 is 9.47 Å². The largest absolute Gasteiger partial charge is 0.496 e. The van der Waals surface area contributed by atoms with Gasteiger partial charge in [0.05, 0.1) is 14.2 Å². The van der Waals surface area contributed by atoms with Gasteiger partial charge in [-0.2, -0.15) is 0 Å². The first-order chi connectivity index (χ1) is 9.96. The summed E-state index contributed by atoms with van der Waals surface area (Å²) in [6.07, 6.45) is 0.560. The van der Waals surface area contributed by atoms with Crippen molar-refractivity contribution >= 4 is 5.91 Å². The number of carbonyl (C=O) groups excluding carboxylic acids is 1. The van der Waals surface area contributed by atoms with E-state index in [1.165, 1.54) is 0 Å². The maximum atomic E-state index is 12.7. The molecule has 0 spiro atoms. The molecular formula is C16H25NO4. The molecule has 1 N–H and O–H groups in total. The number of amides is 1. The molecule has 1 aromatic carbocycles. The Kier molecular flexibility index (Phi) is 6.49. The molecule has 21 heavy (non-hydrogen) atoms. The third kappa shape index (κ3) is 4.11. The van der Waals surface area contributed by atoms with Crippen LogP contribution in [0.25, 0.3) is 0 Å². The summed E-state index contributed by atoms with van der Waals surface area (Å²) >= 11 is 0. The summed E-state index contributed by atoms with van der Waals surface area (Å²) < 4.78 is 10.6. The van der Waals surface area contributed by atoms with E-state index in [9.17, 15) is 4.79 Å². The van der Waals surface area contributed by atoms with Crippen molar-refractivity contribution in [2.75, 3.05) is 27.4 Å². The highest BCUT2D eigenvalue weighted by molar-refractivity contribution is 5.95. The minimum absolute atomic E-state index is 0.0577. The fourth-order valence-corrected chi connectivity index (χ4v) is 2.21. The van der Waals surface area contributed by atoms with Crippen LogP contribution in [-0.4, -0.2) is 49.3 Å². The lowest BCUT2D eigenvalue weighted by Crippen LogP contribution is -2.38. The van der Waals surface area contributed by atoms with E-state index in [2.05, 4.69) is 0 Å². The van der Waals surface area contributed by atoms with E-state index < -0.39 is 0 Å². The van der Waals surface area contributed by atoms with Gasteiger partial charge in [-0.25, -0.2) is 0 Å². The first kappa shape index (κ1) is 17.3. The highest BCUT2D eigenvalue weighted by Gasteiger charge is 2.21. The van der Waals surface area contributed by atoms with Crippen LogP contribution in [0.3, 0.4) is 0 Å². The molecule has 0 fully saturated rings. The third-order valence-electron chi connectivity index (χ3n) is 3.44. The van der Waals surface area contributed by atoms with Gasteiger partial charge in [0.15, 0.2) is 0 Å². The number of hydrogen-bond acceptors (Lipinski definition) is 4. The van der Waals surface area contributed by atoms with Crippen LogP contribution >= 0.6 is 0 Å². The quantitative estimate of drug-likeness (QED) is 0.838. The topological polar surface area (TPSA) is 59.0 Å². The molecule has 5 heteroatoms. The molecule has 0 unspecified atom stereocenters. The molecule has 0 aromatic heterocycles. The van der Waals surface area contributed by atoms with Crippen LogP contribution in [-0.2, 0) is 0 Å². The zero-order valence-corrected chi connectivity index (χ0v) is 13.5. The lowest BCUT2D eigenvalue weighted by atomic mass is 10.1.